The number of benzene rings is 1. The quantitative estimate of drug-likeness (QED) is 0.745. The van der Waals surface area contributed by atoms with Gasteiger partial charge in [-0.05, 0) is 44.4 Å². The number of esters is 1. The molecule has 1 atom stereocenters. The number of methoxy groups -OCH3 is 2. The van der Waals surface area contributed by atoms with Crippen molar-refractivity contribution in [1.82, 2.24) is 5.32 Å². The Morgan fingerprint density at radius 2 is 2.10 bits per heavy atom. The first-order valence-electron chi connectivity index (χ1n) is 7.31. The smallest absolute Gasteiger partial charge is 0.327 e. The molecule has 0 radical (unpaired) electrons. The third-order valence-corrected chi connectivity index (χ3v) is 3.58. The Morgan fingerprint density at radius 1 is 1.33 bits per heavy atom. The Hall–Kier alpha value is -1.75. The van der Waals surface area contributed by atoms with Crippen molar-refractivity contribution in [3.8, 4) is 11.5 Å². The molecule has 0 aliphatic heterocycles. The van der Waals surface area contributed by atoms with Crippen molar-refractivity contribution in [2.75, 3.05) is 27.4 Å². The maximum absolute atomic E-state index is 12.2. The van der Waals surface area contributed by atoms with Crippen LogP contribution < -0.4 is 14.8 Å². The predicted molar refractivity (Wildman–Crippen MR) is 79.6 cm³/mol. The molecule has 1 aliphatic rings. The van der Waals surface area contributed by atoms with Gasteiger partial charge in [0.05, 0.1) is 20.8 Å². The highest BCUT2D eigenvalue weighted by atomic mass is 16.5. The zero-order chi connectivity index (χ0) is 15.2. The fraction of sp³-hybridized carbons (Fsp3) is 0.562. The average Bonchev–Trinajstić information content (AvgIpc) is 3.32. The van der Waals surface area contributed by atoms with Gasteiger partial charge in [-0.2, -0.15) is 0 Å². The molecule has 1 aromatic carbocycles. The van der Waals surface area contributed by atoms with Gasteiger partial charge in [0, 0.05) is 11.6 Å². The van der Waals surface area contributed by atoms with Gasteiger partial charge in [0.15, 0.2) is 0 Å². The number of hydrogen-bond acceptors (Lipinski definition) is 5. The summed E-state index contributed by atoms with van der Waals surface area (Å²) in [6.07, 6.45) is 2.45. The van der Waals surface area contributed by atoms with Crippen LogP contribution in [0.5, 0.6) is 11.5 Å². The first kappa shape index (κ1) is 15.6. The van der Waals surface area contributed by atoms with E-state index in [4.69, 9.17) is 14.2 Å². The lowest BCUT2D eigenvalue weighted by atomic mass is 10.0. The zero-order valence-electron chi connectivity index (χ0n) is 12.8. The molecule has 0 saturated heterocycles. The molecule has 1 unspecified atom stereocenters. The van der Waals surface area contributed by atoms with E-state index in [0.29, 0.717) is 24.0 Å². The molecule has 1 N–H and O–H groups in total. The number of ether oxygens (including phenoxy) is 3. The van der Waals surface area contributed by atoms with E-state index in [1.54, 1.807) is 27.2 Å². The van der Waals surface area contributed by atoms with Crippen LogP contribution in [0.1, 0.15) is 31.4 Å². The fourth-order valence-corrected chi connectivity index (χ4v) is 2.21. The first-order chi connectivity index (χ1) is 10.2. The van der Waals surface area contributed by atoms with Gasteiger partial charge in [-0.15, -0.1) is 0 Å². The maximum Gasteiger partial charge on any atom is 0.327 e. The Labute approximate surface area is 125 Å². The van der Waals surface area contributed by atoms with Crippen molar-refractivity contribution in [2.24, 2.45) is 5.92 Å². The van der Waals surface area contributed by atoms with E-state index in [0.717, 1.165) is 12.1 Å². The van der Waals surface area contributed by atoms with Crippen molar-refractivity contribution in [1.29, 1.82) is 0 Å². The summed E-state index contributed by atoms with van der Waals surface area (Å²) in [4.78, 5) is 12.2. The molecule has 1 aliphatic carbocycles. The van der Waals surface area contributed by atoms with Gasteiger partial charge in [-0.25, -0.2) is 4.79 Å². The Bertz CT molecular complexity index is 485. The lowest BCUT2D eigenvalue weighted by Gasteiger charge is -2.20. The highest BCUT2D eigenvalue weighted by Crippen LogP contribution is 2.32. The third kappa shape index (κ3) is 4.11. The fourth-order valence-electron chi connectivity index (χ4n) is 2.21. The number of hydrogen-bond donors (Lipinski definition) is 1. The van der Waals surface area contributed by atoms with Crippen molar-refractivity contribution in [3.05, 3.63) is 23.8 Å². The van der Waals surface area contributed by atoms with E-state index < -0.39 is 6.04 Å². The number of carbonyl (C=O) groups is 1. The SMILES string of the molecule is CCOC(=O)C(NCC1CC1)c1ccc(OC)cc1OC. The molecule has 1 fully saturated rings. The summed E-state index contributed by atoms with van der Waals surface area (Å²) < 4.78 is 15.8. The largest absolute Gasteiger partial charge is 0.497 e. The Kier molecular flexibility index (Phi) is 5.44. The topological polar surface area (TPSA) is 56.8 Å². The normalized spacial score (nSPS) is 15.4. The Morgan fingerprint density at radius 3 is 2.67 bits per heavy atom. The summed E-state index contributed by atoms with van der Waals surface area (Å²) >= 11 is 0. The number of nitrogens with one attached hydrogen (secondary N) is 1. The van der Waals surface area contributed by atoms with Gasteiger partial charge in [0.2, 0.25) is 0 Å². The number of rotatable bonds is 8. The van der Waals surface area contributed by atoms with Crippen LogP contribution in [-0.2, 0) is 9.53 Å². The molecule has 5 nitrogen and oxygen atoms in total. The van der Waals surface area contributed by atoms with Crippen LogP contribution in [0.15, 0.2) is 18.2 Å². The highest BCUT2D eigenvalue weighted by molar-refractivity contribution is 5.79. The van der Waals surface area contributed by atoms with E-state index in [-0.39, 0.29) is 5.97 Å². The van der Waals surface area contributed by atoms with Gasteiger partial charge < -0.3 is 19.5 Å². The Balaban J connectivity index is 2.22. The van der Waals surface area contributed by atoms with Crippen molar-refractivity contribution >= 4 is 5.97 Å². The van der Waals surface area contributed by atoms with E-state index >= 15 is 0 Å². The monoisotopic (exact) mass is 293 g/mol. The molecule has 0 heterocycles. The molecule has 0 bridgehead atoms. The van der Waals surface area contributed by atoms with E-state index in [2.05, 4.69) is 5.32 Å². The molecule has 2 rings (SSSR count). The summed E-state index contributed by atoms with van der Waals surface area (Å²) in [5.41, 5.74) is 0.775. The van der Waals surface area contributed by atoms with Gasteiger partial charge in [0.25, 0.3) is 0 Å². The summed E-state index contributed by atoms with van der Waals surface area (Å²) in [7, 11) is 3.18. The molecule has 0 aromatic heterocycles. The second-order valence-corrected chi connectivity index (χ2v) is 5.14. The van der Waals surface area contributed by atoms with Gasteiger partial charge in [0.1, 0.15) is 17.5 Å². The third-order valence-electron chi connectivity index (χ3n) is 3.58. The summed E-state index contributed by atoms with van der Waals surface area (Å²) in [5, 5.41) is 3.30. The molecule has 5 heteroatoms. The van der Waals surface area contributed by atoms with Gasteiger partial charge >= 0.3 is 5.97 Å². The molecular weight excluding hydrogens is 270 g/mol. The molecule has 1 aromatic rings. The van der Waals surface area contributed by atoms with Crippen LogP contribution in [-0.4, -0.2) is 33.3 Å². The second-order valence-electron chi connectivity index (χ2n) is 5.14. The summed E-state index contributed by atoms with van der Waals surface area (Å²) in [6, 6.07) is 4.94. The zero-order valence-corrected chi connectivity index (χ0v) is 12.8. The van der Waals surface area contributed by atoms with Crippen molar-refractivity contribution < 1.29 is 19.0 Å². The van der Waals surface area contributed by atoms with Crippen LogP contribution in [0, 0.1) is 5.92 Å². The van der Waals surface area contributed by atoms with Crippen LogP contribution in [0.4, 0.5) is 0 Å². The van der Waals surface area contributed by atoms with Crippen LogP contribution in [0.2, 0.25) is 0 Å². The molecule has 116 valence electrons. The highest BCUT2D eigenvalue weighted by Gasteiger charge is 2.28. The molecule has 21 heavy (non-hydrogen) atoms. The van der Waals surface area contributed by atoms with E-state index in [1.807, 2.05) is 12.1 Å². The maximum atomic E-state index is 12.2. The average molecular weight is 293 g/mol. The minimum atomic E-state index is -0.508. The van der Waals surface area contributed by atoms with Gasteiger partial charge in [-0.3, -0.25) is 0 Å². The van der Waals surface area contributed by atoms with Crippen LogP contribution >= 0.6 is 0 Å². The van der Waals surface area contributed by atoms with Crippen LogP contribution in [0.25, 0.3) is 0 Å². The molecule has 0 amide bonds. The summed E-state index contributed by atoms with van der Waals surface area (Å²) in [5.74, 6) is 1.71. The predicted octanol–water partition coefficient (Wildman–Crippen LogP) is 2.31. The lowest BCUT2D eigenvalue weighted by molar-refractivity contribution is -0.145. The molecular formula is C16H23NO4. The first-order valence-corrected chi connectivity index (χ1v) is 7.31. The second kappa shape index (κ2) is 7.31. The minimum Gasteiger partial charge on any atom is -0.497 e. The molecule has 0 spiro atoms. The minimum absolute atomic E-state index is 0.276. The van der Waals surface area contributed by atoms with Crippen molar-refractivity contribution in [2.45, 2.75) is 25.8 Å². The lowest BCUT2D eigenvalue weighted by Crippen LogP contribution is -2.32. The summed E-state index contributed by atoms with van der Waals surface area (Å²) in [6.45, 7) is 2.98. The number of carbonyl (C=O) groups excluding carboxylic acids is 1. The van der Waals surface area contributed by atoms with E-state index in [1.165, 1.54) is 12.8 Å². The van der Waals surface area contributed by atoms with Gasteiger partial charge in [-0.1, -0.05) is 0 Å². The standard InChI is InChI=1S/C16H23NO4/c1-4-21-16(18)15(17-10-11-5-6-11)13-8-7-12(19-2)9-14(13)20-3/h7-9,11,15,17H,4-6,10H2,1-3H3. The molecule has 1 saturated carbocycles. The van der Waals surface area contributed by atoms with E-state index in [9.17, 15) is 4.79 Å². The van der Waals surface area contributed by atoms with Crippen LogP contribution in [0.3, 0.4) is 0 Å². The van der Waals surface area contributed by atoms with Crippen molar-refractivity contribution in [3.63, 3.8) is 0 Å².